The van der Waals surface area contributed by atoms with Crippen molar-refractivity contribution in [3.05, 3.63) is 40.5 Å². The largest absolute Gasteiger partial charge is 0.468 e. The summed E-state index contributed by atoms with van der Waals surface area (Å²) in [4.78, 5) is 11.7. The minimum absolute atomic E-state index is 0.0171. The Hall–Kier alpha value is -1.71. The molecule has 0 bridgehead atoms. The second-order valence-electron chi connectivity index (χ2n) is 3.96. The second kappa shape index (κ2) is 6.83. The van der Waals surface area contributed by atoms with Crippen LogP contribution in [0.5, 0.6) is 0 Å². The van der Waals surface area contributed by atoms with Crippen LogP contribution in [0.15, 0.2) is 39.2 Å². The number of carbonyl (C=O) groups is 1. The number of nitrogens with one attached hydrogen (secondary N) is 2. The van der Waals surface area contributed by atoms with E-state index in [9.17, 15) is 17.6 Å². The van der Waals surface area contributed by atoms with Crippen LogP contribution in [0.1, 0.15) is 15.4 Å². The Bertz CT molecular complexity index is 695. The Morgan fingerprint density at radius 1 is 1.38 bits per heavy atom. The number of sulfonamides is 1. The van der Waals surface area contributed by atoms with Crippen LogP contribution in [0.25, 0.3) is 0 Å². The van der Waals surface area contributed by atoms with E-state index in [0.717, 1.165) is 11.3 Å². The highest BCUT2D eigenvalue weighted by Gasteiger charge is 2.23. The van der Waals surface area contributed by atoms with Crippen molar-refractivity contribution in [3.8, 4) is 0 Å². The topological polar surface area (TPSA) is 88.4 Å². The highest BCUT2D eigenvalue weighted by atomic mass is 32.2. The van der Waals surface area contributed by atoms with Gasteiger partial charge in [0.05, 0.1) is 12.8 Å². The third-order valence-electron chi connectivity index (χ3n) is 2.52. The van der Waals surface area contributed by atoms with Crippen molar-refractivity contribution in [3.63, 3.8) is 0 Å². The molecule has 0 radical (unpaired) electrons. The van der Waals surface area contributed by atoms with E-state index in [1.807, 2.05) is 0 Å². The average Bonchev–Trinajstić information content (AvgIpc) is 3.13. The zero-order valence-electron chi connectivity index (χ0n) is 10.8. The molecular weight excluding hydrogens is 319 g/mol. The highest BCUT2D eigenvalue weighted by Crippen LogP contribution is 2.22. The molecule has 1 amide bonds. The molecule has 2 aromatic rings. The molecule has 0 aliphatic carbocycles. The van der Waals surface area contributed by atoms with Crippen LogP contribution >= 0.6 is 11.3 Å². The summed E-state index contributed by atoms with van der Waals surface area (Å²) in [7, 11) is -3.85. The summed E-state index contributed by atoms with van der Waals surface area (Å²) in [5.41, 5.74) is 0. The van der Waals surface area contributed by atoms with Crippen LogP contribution in [-0.2, 0) is 16.6 Å². The van der Waals surface area contributed by atoms with Crippen molar-refractivity contribution in [1.29, 1.82) is 0 Å². The zero-order valence-corrected chi connectivity index (χ0v) is 12.5. The first-order chi connectivity index (χ1) is 10.0. The van der Waals surface area contributed by atoms with Gasteiger partial charge in [-0.2, -0.15) is 0 Å². The Morgan fingerprint density at radius 3 is 2.86 bits per heavy atom. The molecule has 114 valence electrons. The molecule has 0 saturated heterocycles. The van der Waals surface area contributed by atoms with E-state index in [4.69, 9.17) is 4.42 Å². The lowest BCUT2D eigenvalue weighted by molar-refractivity contribution is 0.0952. The first kappa shape index (κ1) is 15.7. The maximum absolute atomic E-state index is 12.2. The maximum Gasteiger partial charge on any atom is 0.262 e. The van der Waals surface area contributed by atoms with E-state index in [2.05, 4.69) is 10.0 Å². The number of rotatable bonds is 7. The summed E-state index contributed by atoms with van der Waals surface area (Å²) >= 11 is 0.981. The van der Waals surface area contributed by atoms with Crippen LogP contribution in [0, 0.1) is 0 Å². The molecule has 0 aromatic carbocycles. The van der Waals surface area contributed by atoms with Gasteiger partial charge in [0.1, 0.15) is 22.2 Å². The molecule has 2 aromatic heterocycles. The molecule has 0 aliphatic heterocycles. The van der Waals surface area contributed by atoms with Crippen molar-refractivity contribution in [2.45, 2.75) is 11.4 Å². The summed E-state index contributed by atoms with van der Waals surface area (Å²) in [6, 6.07) is 4.61. The van der Waals surface area contributed by atoms with Gasteiger partial charge in [-0.05, 0) is 23.6 Å². The minimum atomic E-state index is -3.85. The molecule has 0 atom stereocenters. The lowest BCUT2D eigenvalue weighted by atomic mass is 10.4. The van der Waals surface area contributed by atoms with Gasteiger partial charge in [-0.3, -0.25) is 4.79 Å². The van der Waals surface area contributed by atoms with E-state index in [0.29, 0.717) is 5.76 Å². The average molecular weight is 332 g/mol. The van der Waals surface area contributed by atoms with Crippen molar-refractivity contribution >= 4 is 27.3 Å². The van der Waals surface area contributed by atoms with Gasteiger partial charge < -0.3 is 9.73 Å². The minimum Gasteiger partial charge on any atom is -0.468 e. The van der Waals surface area contributed by atoms with E-state index >= 15 is 0 Å². The van der Waals surface area contributed by atoms with Crippen LogP contribution in [0.4, 0.5) is 4.39 Å². The van der Waals surface area contributed by atoms with Gasteiger partial charge in [0.2, 0.25) is 10.0 Å². The van der Waals surface area contributed by atoms with Gasteiger partial charge in [-0.25, -0.2) is 17.5 Å². The Balaban J connectivity index is 2.13. The third-order valence-corrected chi connectivity index (χ3v) is 5.01. The van der Waals surface area contributed by atoms with Gasteiger partial charge >= 0.3 is 0 Å². The van der Waals surface area contributed by atoms with E-state index in [1.54, 1.807) is 12.1 Å². The molecule has 2 rings (SSSR count). The molecule has 6 nitrogen and oxygen atoms in total. The first-order valence-corrected chi connectivity index (χ1v) is 8.34. The van der Waals surface area contributed by atoms with Crippen molar-refractivity contribution in [1.82, 2.24) is 10.0 Å². The molecule has 0 aliphatic rings. The second-order valence-corrected chi connectivity index (χ2v) is 6.61. The smallest absolute Gasteiger partial charge is 0.262 e. The first-order valence-electron chi connectivity index (χ1n) is 5.98. The van der Waals surface area contributed by atoms with Crippen LogP contribution in [0.2, 0.25) is 0 Å². The standard InChI is InChI=1S/C12H13FN2O4S2/c13-4-5-14-12(16)11-10(3-7-20-11)21(17,18)15-8-9-2-1-6-19-9/h1-3,6-7,15H,4-5,8H2,(H,14,16). The molecular formula is C12H13FN2O4S2. The fraction of sp³-hybridized carbons (Fsp3) is 0.250. The van der Waals surface area contributed by atoms with Crippen LogP contribution in [-0.4, -0.2) is 27.5 Å². The van der Waals surface area contributed by atoms with Gasteiger partial charge in [0.25, 0.3) is 5.91 Å². The molecule has 0 spiro atoms. The third kappa shape index (κ3) is 3.90. The maximum atomic E-state index is 12.2. The number of thiophene rings is 1. The predicted molar refractivity (Wildman–Crippen MR) is 75.4 cm³/mol. The van der Waals surface area contributed by atoms with Gasteiger partial charge in [0, 0.05) is 6.54 Å². The normalized spacial score (nSPS) is 11.5. The number of hydrogen-bond donors (Lipinski definition) is 2. The predicted octanol–water partition coefficient (Wildman–Crippen LogP) is 1.52. The molecule has 2 heterocycles. The van der Waals surface area contributed by atoms with Crippen molar-refractivity contribution in [2.75, 3.05) is 13.2 Å². The van der Waals surface area contributed by atoms with E-state index < -0.39 is 22.6 Å². The summed E-state index contributed by atoms with van der Waals surface area (Å²) in [5, 5.41) is 3.79. The monoisotopic (exact) mass is 332 g/mol. The fourth-order valence-corrected chi connectivity index (χ4v) is 3.91. The Labute approximate surface area is 125 Å². The van der Waals surface area contributed by atoms with Crippen LogP contribution < -0.4 is 10.0 Å². The Kier molecular flexibility index (Phi) is 5.10. The molecule has 9 heteroatoms. The number of halogens is 1. The number of carbonyl (C=O) groups excluding carboxylic acids is 1. The van der Waals surface area contributed by atoms with Crippen molar-refractivity contribution < 1.29 is 22.0 Å². The molecule has 0 fully saturated rings. The van der Waals surface area contributed by atoms with E-state index in [-0.39, 0.29) is 22.9 Å². The fourth-order valence-electron chi connectivity index (χ4n) is 1.57. The number of alkyl halides is 1. The number of amides is 1. The van der Waals surface area contributed by atoms with Gasteiger partial charge in [-0.15, -0.1) is 11.3 Å². The quantitative estimate of drug-likeness (QED) is 0.804. The van der Waals surface area contributed by atoms with Crippen molar-refractivity contribution in [2.24, 2.45) is 0 Å². The summed E-state index contributed by atoms with van der Waals surface area (Å²) in [5.74, 6) is -0.154. The Morgan fingerprint density at radius 2 is 2.19 bits per heavy atom. The highest BCUT2D eigenvalue weighted by molar-refractivity contribution is 7.89. The molecule has 0 saturated carbocycles. The molecule has 0 unspecified atom stereocenters. The number of furan rings is 1. The van der Waals surface area contributed by atoms with Gasteiger partial charge in [-0.1, -0.05) is 0 Å². The zero-order chi connectivity index (χ0) is 15.3. The lowest BCUT2D eigenvalue weighted by Crippen LogP contribution is -2.28. The van der Waals surface area contributed by atoms with Crippen LogP contribution in [0.3, 0.4) is 0 Å². The van der Waals surface area contributed by atoms with Gasteiger partial charge in [0.15, 0.2) is 0 Å². The molecule has 2 N–H and O–H groups in total. The van der Waals surface area contributed by atoms with E-state index in [1.165, 1.54) is 17.7 Å². The molecule has 21 heavy (non-hydrogen) atoms. The summed E-state index contributed by atoms with van der Waals surface area (Å²) in [6.45, 7) is -0.886. The lowest BCUT2D eigenvalue weighted by Gasteiger charge is -2.06. The SMILES string of the molecule is O=C(NCCF)c1sccc1S(=O)(=O)NCc1ccco1. The number of hydrogen-bond acceptors (Lipinski definition) is 5. The summed E-state index contributed by atoms with van der Waals surface area (Å²) in [6.07, 6.45) is 1.43. The summed E-state index contributed by atoms with van der Waals surface area (Å²) < 4.78 is 43.8.